The first kappa shape index (κ1) is 20.3. The molecule has 9 heteroatoms. The first-order valence-electron chi connectivity index (χ1n) is 10.4. The molecule has 0 aliphatic heterocycles. The highest BCUT2D eigenvalue weighted by molar-refractivity contribution is 5.83. The van der Waals surface area contributed by atoms with Gasteiger partial charge in [-0.05, 0) is 63.3 Å². The topological polar surface area (TPSA) is 125 Å². The minimum absolute atomic E-state index is 0.166. The molecular weight excluding hydrogens is 383 g/mol. The van der Waals surface area contributed by atoms with Crippen LogP contribution in [-0.4, -0.2) is 31.6 Å². The summed E-state index contributed by atoms with van der Waals surface area (Å²) < 4.78 is 15.9. The van der Waals surface area contributed by atoms with Gasteiger partial charge < -0.3 is 26.7 Å². The molecule has 1 aromatic carbocycles. The van der Waals surface area contributed by atoms with Crippen molar-refractivity contribution in [3.8, 4) is 0 Å². The van der Waals surface area contributed by atoms with Gasteiger partial charge in [-0.15, -0.1) is 0 Å². The monoisotopic (exact) mass is 412 g/mol. The summed E-state index contributed by atoms with van der Waals surface area (Å²) in [6.45, 7) is 4.52. The first-order valence-corrected chi connectivity index (χ1v) is 10.4. The quantitative estimate of drug-likeness (QED) is 0.550. The molecule has 1 fully saturated rings. The van der Waals surface area contributed by atoms with Gasteiger partial charge in [-0.25, -0.2) is 9.37 Å². The smallest absolute Gasteiger partial charge is 0.230 e. The predicted molar refractivity (Wildman–Crippen MR) is 117 cm³/mol. The molecule has 0 saturated heterocycles. The number of anilines is 3. The van der Waals surface area contributed by atoms with E-state index in [9.17, 15) is 4.39 Å². The van der Waals surface area contributed by atoms with Crippen molar-refractivity contribution >= 4 is 28.6 Å². The zero-order chi connectivity index (χ0) is 21.4. The van der Waals surface area contributed by atoms with Gasteiger partial charge in [0.2, 0.25) is 5.95 Å². The lowest BCUT2D eigenvalue weighted by Crippen LogP contribution is -2.41. The van der Waals surface area contributed by atoms with Gasteiger partial charge in [0, 0.05) is 30.4 Å². The van der Waals surface area contributed by atoms with Crippen LogP contribution in [0, 0.1) is 5.82 Å². The van der Waals surface area contributed by atoms with Crippen molar-refractivity contribution in [1.29, 1.82) is 0 Å². The number of imidazole rings is 1. The third-order valence-electron chi connectivity index (χ3n) is 5.88. The number of hydrogen-bond donors (Lipinski definition) is 3. The Morgan fingerprint density at radius 3 is 2.60 bits per heavy atom. The minimum atomic E-state index is -0.321. The van der Waals surface area contributed by atoms with Crippen LogP contribution in [0.25, 0.3) is 11.2 Å². The molecule has 1 saturated carbocycles. The van der Waals surface area contributed by atoms with E-state index < -0.39 is 0 Å². The van der Waals surface area contributed by atoms with Crippen LogP contribution in [0.1, 0.15) is 51.1 Å². The Morgan fingerprint density at radius 2 is 1.90 bits per heavy atom. The van der Waals surface area contributed by atoms with Crippen molar-refractivity contribution in [3.63, 3.8) is 0 Å². The maximum Gasteiger partial charge on any atom is 0.230 e. The van der Waals surface area contributed by atoms with Gasteiger partial charge in [-0.1, -0.05) is 0 Å². The highest BCUT2D eigenvalue weighted by atomic mass is 19.1. The SMILES string of the molecule is CC(C)n1cnc2c(N)nc(N(Cc3cc(F)ccc3N)C3CCC(N)CC3)nc21. The predicted octanol–water partition coefficient (Wildman–Crippen LogP) is 2.99. The Hall–Kier alpha value is -2.94. The van der Waals surface area contributed by atoms with E-state index in [0.29, 0.717) is 40.7 Å². The Labute approximate surface area is 175 Å². The van der Waals surface area contributed by atoms with Crippen LogP contribution in [-0.2, 0) is 6.54 Å². The molecule has 3 aromatic rings. The zero-order valence-electron chi connectivity index (χ0n) is 17.4. The summed E-state index contributed by atoms with van der Waals surface area (Å²) in [6, 6.07) is 4.98. The van der Waals surface area contributed by atoms with Gasteiger partial charge in [0.25, 0.3) is 0 Å². The summed E-state index contributed by atoms with van der Waals surface area (Å²) in [7, 11) is 0. The number of fused-ring (bicyclic) bond motifs is 1. The fourth-order valence-electron chi connectivity index (χ4n) is 4.10. The third-order valence-corrected chi connectivity index (χ3v) is 5.88. The van der Waals surface area contributed by atoms with Gasteiger partial charge in [0.15, 0.2) is 11.5 Å². The summed E-state index contributed by atoms with van der Waals surface area (Å²) in [6.07, 6.45) is 5.38. The molecule has 8 nitrogen and oxygen atoms in total. The van der Waals surface area contributed by atoms with Gasteiger partial charge in [-0.2, -0.15) is 9.97 Å². The van der Waals surface area contributed by atoms with Crippen LogP contribution in [0.3, 0.4) is 0 Å². The van der Waals surface area contributed by atoms with Crippen molar-refractivity contribution in [2.45, 2.75) is 64.2 Å². The Bertz CT molecular complexity index is 1040. The normalized spacial score (nSPS) is 19.5. The second kappa shape index (κ2) is 8.06. The average Bonchev–Trinajstić information content (AvgIpc) is 3.14. The fourth-order valence-corrected chi connectivity index (χ4v) is 4.10. The Kier molecular flexibility index (Phi) is 5.46. The lowest BCUT2D eigenvalue weighted by molar-refractivity contribution is 0.371. The maximum atomic E-state index is 13.9. The highest BCUT2D eigenvalue weighted by Crippen LogP contribution is 2.30. The van der Waals surface area contributed by atoms with Crippen molar-refractivity contribution in [1.82, 2.24) is 19.5 Å². The molecular formula is C21H29FN8. The molecule has 1 aliphatic carbocycles. The minimum Gasteiger partial charge on any atom is -0.398 e. The molecule has 0 spiro atoms. The lowest BCUT2D eigenvalue weighted by Gasteiger charge is -2.36. The van der Waals surface area contributed by atoms with Crippen LogP contribution >= 0.6 is 0 Å². The van der Waals surface area contributed by atoms with Crippen LogP contribution in [0.4, 0.5) is 21.8 Å². The van der Waals surface area contributed by atoms with E-state index in [4.69, 9.17) is 22.2 Å². The van der Waals surface area contributed by atoms with Crippen LogP contribution < -0.4 is 22.1 Å². The molecule has 30 heavy (non-hydrogen) atoms. The number of nitrogen functional groups attached to an aromatic ring is 2. The second-order valence-corrected chi connectivity index (χ2v) is 8.37. The van der Waals surface area contributed by atoms with Gasteiger partial charge in [-0.3, -0.25) is 0 Å². The van der Waals surface area contributed by atoms with E-state index in [1.165, 1.54) is 12.1 Å². The van der Waals surface area contributed by atoms with Gasteiger partial charge >= 0.3 is 0 Å². The Balaban J connectivity index is 1.78. The van der Waals surface area contributed by atoms with Crippen LogP contribution in [0.5, 0.6) is 0 Å². The number of rotatable bonds is 5. The van der Waals surface area contributed by atoms with E-state index in [1.54, 1.807) is 12.4 Å². The van der Waals surface area contributed by atoms with Crippen molar-refractivity contribution in [2.24, 2.45) is 5.73 Å². The number of hydrogen-bond acceptors (Lipinski definition) is 7. The average molecular weight is 413 g/mol. The summed E-state index contributed by atoms with van der Waals surface area (Å²) in [5.74, 6) is 0.518. The molecule has 0 amide bonds. The summed E-state index contributed by atoms with van der Waals surface area (Å²) in [4.78, 5) is 15.9. The number of nitrogens with zero attached hydrogens (tertiary/aromatic N) is 5. The summed E-state index contributed by atoms with van der Waals surface area (Å²) >= 11 is 0. The number of benzene rings is 1. The molecule has 0 atom stereocenters. The van der Waals surface area contributed by atoms with E-state index >= 15 is 0 Å². The molecule has 0 bridgehead atoms. The number of aromatic nitrogens is 4. The summed E-state index contributed by atoms with van der Waals surface area (Å²) in [5.41, 5.74) is 21.0. The molecule has 2 aromatic heterocycles. The second-order valence-electron chi connectivity index (χ2n) is 8.37. The standard InChI is InChI=1S/C21H29FN8/c1-12(2)30-11-26-18-19(25)27-21(28-20(18)30)29(16-6-4-15(23)5-7-16)10-13-9-14(22)3-8-17(13)24/h3,8-9,11-12,15-16H,4-7,10,23-24H2,1-2H3,(H2,25,27,28). The van der Waals surface area contributed by atoms with E-state index in [1.807, 2.05) is 4.57 Å². The zero-order valence-corrected chi connectivity index (χ0v) is 17.4. The number of halogens is 1. The molecule has 2 heterocycles. The maximum absolute atomic E-state index is 13.9. The fraction of sp³-hybridized carbons (Fsp3) is 0.476. The molecule has 6 N–H and O–H groups in total. The molecule has 1 aliphatic rings. The number of nitrogens with two attached hydrogens (primary N) is 3. The van der Waals surface area contributed by atoms with Crippen LogP contribution in [0.2, 0.25) is 0 Å². The third kappa shape index (κ3) is 3.89. The van der Waals surface area contributed by atoms with Gasteiger partial charge in [0.05, 0.1) is 6.33 Å². The van der Waals surface area contributed by atoms with E-state index in [2.05, 4.69) is 28.7 Å². The lowest BCUT2D eigenvalue weighted by atomic mass is 9.90. The summed E-state index contributed by atoms with van der Waals surface area (Å²) in [5, 5.41) is 0. The van der Waals surface area contributed by atoms with E-state index in [0.717, 1.165) is 25.7 Å². The molecule has 0 radical (unpaired) electrons. The highest BCUT2D eigenvalue weighted by Gasteiger charge is 2.28. The largest absolute Gasteiger partial charge is 0.398 e. The van der Waals surface area contributed by atoms with Crippen molar-refractivity contribution in [2.75, 3.05) is 16.4 Å². The van der Waals surface area contributed by atoms with Gasteiger partial charge in [0.1, 0.15) is 11.3 Å². The first-order chi connectivity index (χ1) is 14.3. The molecule has 0 unspecified atom stereocenters. The molecule has 4 rings (SSSR count). The van der Waals surface area contributed by atoms with E-state index in [-0.39, 0.29) is 23.9 Å². The van der Waals surface area contributed by atoms with Crippen LogP contribution in [0.15, 0.2) is 24.5 Å². The van der Waals surface area contributed by atoms with Crippen molar-refractivity contribution < 1.29 is 4.39 Å². The van der Waals surface area contributed by atoms with Crippen molar-refractivity contribution in [3.05, 3.63) is 35.9 Å². The molecule has 160 valence electrons. The Morgan fingerprint density at radius 1 is 1.17 bits per heavy atom.